The molecule has 0 unspecified atom stereocenters. The average molecular weight is 511 g/mol. The van der Waals surface area contributed by atoms with Crippen LogP contribution in [0.2, 0.25) is 10.0 Å². The summed E-state index contributed by atoms with van der Waals surface area (Å²) in [6.45, 7) is 2.52. The lowest BCUT2D eigenvalue weighted by Crippen LogP contribution is -2.42. The van der Waals surface area contributed by atoms with E-state index in [0.29, 0.717) is 35.2 Å². The van der Waals surface area contributed by atoms with Crippen molar-refractivity contribution in [2.45, 2.75) is 31.3 Å². The summed E-state index contributed by atoms with van der Waals surface area (Å²) in [4.78, 5) is 6.87. The highest BCUT2D eigenvalue weighted by Crippen LogP contribution is 2.41. The fraction of sp³-hybridized carbons (Fsp3) is 0.321. The molecule has 5 nitrogen and oxygen atoms in total. The van der Waals surface area contributed by atoms with Crippen LogP contribution in [0.3, 0.4) is 0 Å². The number of likely N-dealkylation sites (tertiary alicyclic amines) is 1. The molecule has 1 fully saturated rings. The second-order valence-electron chi connectivity index (χ2n) is 9.12. The zero-order valence-electron chi connectivity index (χ0n) is 19.6. The van der Waals surface area contributed by atoms with E-state index < -0.39 is 5.60 Å². The molecule has 1 N–H and O–H groups in total. The van der Waals surface area contributed by atoms with E-state index in [0.717, 1.165) is 54.2 Å². The van der Waals surface area contributed by atoms with Gasteiger partial charge in [0.2, 0.25) is 5.88 Å². The fourth-order valence-corrected chi connectivity index (χ4v) is 5.50. The molecule has 182 valence electrons. The first-order valence-electron chi connectivity index (χ1n) is 11.8. The van der Waals surface area contributed by atoms with Crippen molar-refractivity contribution in [3.05, 3.63) is 87.5 Å². The van der Waals surface area contributed by atoms with Gasteiger partial charge in [-0.1, -0.05) is 35.3 Å². The molecule has 0 aliphatic carbocycles. The van der Waals surface area contributed by atoms with Gasteiger partial charge in [-0.25, -0.2) is 4.98 Å². The van der Waals surface area contributed by atoms with E-state index in [4.69, 9.17) is 32.7 Å². The van der Waals surface area contributed by atoms with Crippen molar-refractivity contribution in [3.8, 4) is 17.4 Å². The molecule has 3 heterocycles. The van der Waals surface area contributed by atoms with Gasteiger partial charge < -0.3 is 19.5 Å². The molecule has 5 rings (SSSR count). The van der Waals surface area contributed by atoms with Crippen LogP contribution in [-0.4, -0.2) is 41.7 Å². The number of rotatable bonds is 5. The lowest BCUT2D eigenvalue weighted by Gasteiger charge is -2.38. The summed E-state index contributed by atoms with van der Waals surface area (Å²) in [7, 11) is 1.68. The molecular weight excluding hydrogens is 483 g/mol. The molecule has 1 aromatic heterocycles. The number of hydrogen-bond acceptors (Lipinski definition) is 5. The zero-order valence-corrected chi connectivity index (χ0v) is 21.1. The van der Waals surface area contributed by atoms with Crippen molar-refractivity contribution in [2.24, 2.45) is 0 Å². The third kappa shape index (κ3) is 5.19. The molecule has 0 amide bonds. The Hall–Kier alpha value is -2.57. The molecule has 0 radical (unpaired) electrons. The Morgan fingerprint density at radius 1 is 1.11 bits per heavy atom. The molecule has 0 atom stereocenters. The minimum absolute atomic E-state index is 0.551. The highest BCUT2D eigenvalue weighted by molar-refractivity contribution is 6.34. The molecule has 0 saturated carbocycles. The van der Waals surface area contributed by atoms with E-state index in [1.54, 1.807) is 19.4 Å². The monoisotopic (exact) mass is 510 g/mol. The van der Waals surface area contributed by atoms with E-state index in [9.17, 15) is 5.11 Å². The Kier molecular flexibility index (Phi) is 7.03. The van der Waals surface area contributed by atoms with Gasteiger partial charge in [-0.3, -0.25) is 0 Å². The van der Waals surface area contributed by atoms with E-state index in [2.05, 4.69) is 22.0 Å². The van der Waals surface area contributed by atoms with Gasteiger partial charge >= 0.3 is 0 Å². The normalized spacial score (nSPS) is 18.3. The van der Waals surface area contributed by atoms with Gasteiger partial charge in [-0.15, -0.1) is 0 Å². The van der Waals surface area contributed by atoms with E-state index >= 15 is 0 Å². The van der Waals surface area contributed by atoms with Crippen molar-refractivity contribution in [3.63, 3.8) is 0 Å². The van der Waals surface area contributed by atoms with Gasteiger partial charge in [-0.05, 0) is 72.9 Å². The van der Waals surface area contributed by atoms with Gasteiger partial charge in [-0.2, -0.15) is 0 Å². The zero-order chi connectivity index (χ0) is 24.4. The van der Waals surface area contributed by atoms with Crippen LogP contribution in [0, 0.1) is 0 Å². The van der Waals surface area contributed by atoms with E-state index in [1.807, 2.05) is 36.4 Å². The number of pyridine rings is 1. The summed E-state index contributed by atoms with van der Waals surface area (Å²) >= 11 is 12.3. The lowest BCUT2D eigenvalue weighted by atomic mass is 9.84. The SMILES string of the molecule is COc1cccc2c1CC(=CCCN1CCC(O)(c3cc(Cl)cc(Cl)c3)CC1)c1cccnc1O2. The average Bonchev–Trinajstić information content (AvgIpc) is 3.01. The summed E-state index contributed by atoms with van der Waals surface area (Å²) in [5.41, 5.74) is 3.12. The van der Waals surface area contributed by atoms with E-state index in [1.165, 1.54) is 5.57 Å². The van der Waals surface area contributed by atoms with Crippen molar-refractivity contribution in [1.82, 2.24) is 9.88 Å². The first-order chi connectivity index (χ1) is 16.9. The standard InChI is InChI=1S/C28H28Cl2N2O3/c1-34-25-7-2-8-26-24(25)15-19(23-6-3-11-31-27(23)35-26)5-4-12-32-13-9-28(33,10-14-32)20-16-21(29)18-22(30)17-20/h2-3,5-8,11,16-18,33H,4,9-10,12-15H2,1H3. The maximum atomic E-state index is 11.2. The first kappa shape index (κ1) is 24.1. The summed E-state index contributed by atoms with van der Waals surface area (Å²) < 4.78 is 11.8. The minimum atomic E-state index is -0.896. The number of allylic oxidation sites excluding steroid dienone is 1. The van der Waals surface area contributed by atoms with Crippen LogP contribution in [0.1, 0.15) is 36.0 Å². The Morgan fingerprint density at radius 3 is 2.63 bits per heavy atom. The number of fused-ring (bicyclic) bond motifs is 2. The Balaban J connectivity index is 1.29. The molecule has 2 aromatic carbocycles. The molecule has 0 bridgehead atoms. The van der Waals surface area contributed by atoms with Crippen molar-refractivity contribution < 1.29 is 14.6 Å². The van der Waals surface area contributed by atoms with Crippen LogP contribution >= 0.6 is 23.2 Å². The smallest absolute Gasteiger partial charge is 0.226 e. The Morgan fingerprint density at radius 2 is 1.89 bits per heavy atom. The first-order valence-corrected chi connectivity index (χ1v) is 12.6. The number of halogens is 2. The largest absolute Gasteiger partial charge is 0.496 e. The van der Waals surface area contributed by atoms with Crippen LogP contribution in [-0.2, 0) is 12.0 Å². The number of ether oxygens (including phenoxy) is 2. The molecule has 2 aliphatic heterocycles. The van der Waals surface area contributed by atoms with Gasteiger partial charge in [0.25, 0.3) is 0 Å². The van der Waals surface area contributed by atoms with Crippen LogP contribution in [0.4, 0.5) is 0 Å². The molecule has 2 aliphatic rings. The van der Waals surface area contributed by atoms with Crippen LogP contribution in [0.5, 0.6) is 17.4 Å². The number of methoxy groups -OCH3 is 1. The highest BCUT2D eigenvalue weighted by Gasteiger charge is 2.34. The number of aliphatic hydroxyl groups is 1. The maximum absolute atomic E-state index is 11.2. The van der Waals surface area contributed by atoms with Gasteiger partial charge in [0.15, 0.2) is 0 Å². The van der Waals surface area contributed by atoms with Crippen molar-refractivity contribution in [1.29, 1.82) is 0 Å². The third-order valence-corrected chi connectivity index (χ3v) is 7.36. The third-order valence-electron chi connectivity index (χ3n) is 6.92. The highest BCUT2D eigenvalue weighted by atomic mass is 35.5. The fourth-order valence-electron chi connectivity index (χ4n) is 4.97. The second kappa shape index (κ2) is 10.2. The van der Waals surface area contributed by atoms with Gasteiger partial charge in [0.1, 0.15) is 11.5 Å². The Bertz CT molecular complexity index is 1230. The molecular formula is C28H28Cl2N2O3. The number of nitrogens with zero attached hydrogens (tertiary/aromatic N) is 2. The van der Waals surface area contributed by atoms with Crippen LogP contribution < -0.4 is 9.47 Å². The number of benzene rings is 2. The number of hydrogen-bond donors (Lipinski definition) is 1. The summed E-state index contributed by atoms with van der Waals surface area (Å²) in [6, 6.07) is 15.2. The second-order valence-corrected chi connectivity index (χ2v) is 9.99. The quantitative estimate of drug-likeness (QED) is 0.424. The summed E-state index contributed by atoms with van der Waals surface area (Å²) in [5.74, 6) is 2.22. The predicted molar refractivity (Wildman–Crippen MR) is 140 cm³/mol. The molecule has 3 aromatic rings. The van der Waals surface area contributed by atoms with Crippen molar-refractivity contribution >= 4 is 28.8 Å². The van der Waals surface area contributed by atoms with Gasteiger partial charge in [0, 0.05) is 53.4 Å². The van der Waals surface area contributed by atoms with Crippen LogP contribution in [0.15, 0.2) is 60.8 Å². The topological polar surface area (TPSA) is 54.8 Å². The summed E-state index contributed by atoms with van der Waals surface area (Å²) in [5, 5.41) is 12.3. The predicted octanol–water partition coefficient (Wildman–Crippen LogP) is 6.50. The molecule has 35 heavy (non-hydrogen) atoms. The minimum Gasteiger partial charge on any atom is -0.496 e. The van der Waals surface area contributed by atoms with Crippen molar-refractivity contribution in [2.75, 3.05) is 26.7 Å². The summed E-state index contributed by atoms with van der Waals surface area (Å²) in [6.07, 6.45) is 6.92. The van der Waals surface area contributed by atoms with Crippen LogP contribution in [0.25, 0.3) is 5.57 Å². The Labute approximate surface area is 215 Å². The number of piperidine rings is 1. The molecule has 0 spiro atoms. The maximum Gasteiger partial charge on any atom is 0.226 e. The molecule has 7 heteroatoms. The lowest BCUT2D eigenvalue weighted by molar-refractivity contribution is -0.0254. The van der Waals surface area contributed by atoms with E-state index in [-0.39, 0.29) is 0 Å². The number of aromatic nitrogens is 1. The van der Waals surface area contributed by atoms with Gasteiger partial charge in [0.05, 0.1) is 12.7 Å². The molecule has 1 saturated heterocycles.